The number of amides is 1. The van der Waals surface area contributed by atoms with E-state index in [4.69, 9.17) is 16.0 Å². The summed E-state index contributed by atoms with van der Waals surface area (Å²) in [7, 11) is 1.80. The molecule has 2 heterocycles. The summed E-state index contributed by atoms with van der Waals surface area (Å²) in [5.41, 5.74) is 1.93. The Bertz CT molecular complexity index is 843. The Morgan fingerprint density at radius 1 is 1.14 bits per heavy atom. The quantitative estimate of drug-likeness (QED) is 0.429. The molecule has 156 valence electrons. The van der Waals surface area contributed by atoms with Gasteiger partial charge in [-0.1, -0.05) is 23.7 Å². The summed E-state index contributed by atoms with van der Waals surface area (Å²) in [5, 5.41) is 7.05. The predicted octanol–water partition coefficient (Wildman–Crippen LogP) is 2.76. The molecule has 29 heavy (non-hydrogen) atoms. The van der Waals surface area contributed by atoms with Crippen molar-refractivity contribution in [1.29, 1.82) is 0 Å². The summed E-state index contributed by atoms with van der Waals surface area (Å²) in [5.74, 6) is 1.09. The van der Waals surface area contributed by atoms with Crippen molar-refractivity contribution >= 4 is 29.2 Å². The van der Waals surface area contributed by atoms with Crippen molar-refractivity contribution in [3.05, 3.63) is 52.9 Å². The molecule has 0 aliphatic carbocycles. The number of aryl methyl sites for hydroxylation is 1. The van der Waals surface area contributed by atoms with E-state index in [1.807, 2.05) is 25.1 Å². The van der Waals surface area contributed by atoms with Crippen LogP contribution < -0.4 is 15.5 Å². The topological polar surface area (TPSA) is 73.1 Å². The lowest BCUT2D eigenvalue weighted by Crippen LogP contribution is -2.52. The third kappa shape index (κ3) is 5.44. The zero-order valence-electron chi connectivity index (χ0n) is 16.9. The van der Waals surface area contributed by atoms with E-state index in [1.54, 1.807) is 13.1 Å². The highest BCUT2D eigenvalue weighted by molar-refractivity contribution is 6.33. The normalized spacial score (nSPS) is 14.8. The van der Waals surface area contributed by atoms with Gasteiger partial charge in [0.05, 0.1) is 17.0 Å². The zero-order valence-corrected chi connectivity index (χ0v) is 17.7. The average Bonchev–Trinajstić information content (AvgIpc) is 3.17. The fourth-order valence-electron chi connectivity index (χ4n) is 3.38. The summed E-state index contributed by atoms with van der Waals surface area (Å²) >= 11 is 6.32. The molecule has 0 atom stereocenters. The third-order valence-corrected chi connectivity index (χ3v) is 5.29. The van der Waals surface area contributed by atoms with Crippen molar-refractivity contribution in [3.63, 3.8) is 0 Å². The van der Waals surface area contributed by atoms with Crippen molar-refractivity contribution in [2.24, 2.45) is 4.99 Å². The highest BCUT2D eigenvalue weighted by Gasteiger charge is 2.20. The van der Waals surface area contributed by atoms with Gasteiger partial charge in [0.15, 0.2) is 11.7 Å². The summed E-state index contributed by atoms with van der Waals surface area (Å²) in [6.45, 7) is 6.69. The number of carbonyl (C=O) groups is 1. The largest absolute Gasteiger partial charge is 0.459 e. The molecular weight excluding hydrogens is 390 g/mol. The average molecular weight is 418 g/mol. The van der Waals surface area contributed by atoms with E-state index in [2.05, 4.69) is 31.5 Å². The second-order valence-corrected chi connectivity index (χ2v) is 7.35. The zero-order chi connectivity index (χ0) is 20.6. The maximum Gasteiger partial charge on any atom is 0.287 e. The number of furan rings is 1. The van der Waals surface area contributed by atoms with Gasteiger partial charge in [0.1, 0.15) is 0 Å². The van der Waals surface area contributed by atoms with E-state index >= 15 is 0 Å². The first kappa shape index (κ1) is 21.0. The Hall–Kier alpha value is -2.67. The smallest absolute Gasteiger partial charge is 0.287 e. The number of benzene rings is 1. The molecule has 1 aromatic heterocycles. The number of rotatable bonds is 6. The Morgan fingerprint density at radius 2 is 1.86 bits per heavy atom. The van der Waals surface area contributed by atoms with Crippen LogP contribution in [0.1, 0.15) is 22.5 Å². The molecule has 1 aromatic carbocycles. The van der Waals surface area contributed by atoms with Gasteiger partial charge in [-0.2, -0.15) is 0 Å². The lowest BCUT2D eigenvalue weighted by molar-refractivity contribution is 0.0925. The molecule has 1 fully saturated rings. The van der Waals surface area contributed by atoms with E-state index < -0.39 is 0 Å². The monoisotopic (exact) mass is 417 g/mol. The number of halogens is 1. The number of piperazine rings is 1. The van der Waals surface area contributed by atoms with Crippen LogP contribution in [0.25, 0.3) is 0 Å². The second-order valence-electron chi connectivity index (χ2n) is 6.94. The van der Waals surface area contributed by atoms with E-state index in [0.717, 1.165) is 61.4 Å². The van der Waals surface area contributed by atoms with Gasteiger partial charge >= 0.3 is 0 Å². The second kappa shape index (κ2) is 10.2. The molecular formula is C21H28ClN5O2. The molecule has 1 saturated heterocycles. The fraction of sp³-hybridized carbons (Fsp3) is 0.429. The van der Waals surface area contributed by atoms with Crippen molar-refractivity contribution in [3.8, 4) is 0 Å². The molecule has 0 spiro atoms. The SMILES string of the molecule is CN=C(NCCCNC(=O)c1occc1C)N1CCN(c2ccccc2Cl)CC1. The van der Waals surface area contributed by atoms with Gasteiger partial charge in [-0.25, -0.2) is 0 Å². The van der Waals surface area contributed by atoms with Crippen LogP contribution in [0.2, 0.25) is 5.02 Å². The summed E-state index contributed by atoms with van der Waals surface area (Å²) in [4.78, 5) is 21.0. The summed E-state index contributed by atoms with van der Waals surface area (Å²) in [6.07, 6.45) is 2.32. The van der Waals surface area contributed by atoms with Gasteiger partial charge < -0.3 is 24.9 Å². The number of anilines is 1. The minimum Gasteiger partial charge on any atom is -0.459 e. The molecule has 1 amide bonds. The van der Waals surface area contributed by atoms with Crippen LogP contribution in [0.3, 0.4) is 0 Å². The van der Waals surface area contributed by atoms with E-state index in [9.17, 15) is 4.79 Å². The van der Waals surface area contributed by atoms with E-state index in [-0.39, 0.29) is 5.91 Å². The van der Waals surface area contributed by atoms with Gasteiger partial charge in [0, 0.05) is 51.9 Å². The van der Waals surface area contributed by atoms with E-state index in [0.29, 0.717) is 12.3 Å². The van der Waals surface area contributed by atoms with Crippen LogP contribution in [0, 0.1) is 6.92 Å². The number of aliphatic imine (C=N–C) groups is 1. The number of hydrogen-bond acceptors (Lipinski definition) is 4. The maximum atomic E-state index is 12.0. The molecule has 0 unspecified atom stereocenters. The minimum atomic E-state index is -0.174. The standard InChI is InChI=1S/C21H28ClN5O2/c1-16-8-15-29-19(16)20(28)24-9-5-10-25-21(23-2)27-13-11-26(12-14-27)18-7-4-3-6-17(18)22/h3-4,6-8,15H,5,9-14H2,1-2H3,(H,23,25)(H,24,28). The third-order valence-electron chi connectivity index (χ3n) is 4.97. The number of para-hydroxylation sites is 1. The fourth-order valence-corrected chi connectivity index (χ4v) is 3.63. The first-order valence-corrected chi connectivity index (χ1v) is 10.3. The lowest BCUT2D eigenvalue weighted by atomic mass is 10.2. The van der Waals surface area contributed by atoms with Crippen LogP contribution in [0.5, 0.6) is 0 Å². The molecule has 3 rings (SSSR count). The molecule has 2 N–H and O–H groups in total. The number of nitrogens with zero attached hydrogens (tertiary/aromatic N) is 3. The molecule has 1 aliphatic heterocycles. The summed E-state index contributed by atoms with van der Waals surface area (Å²) < 4.78 is 5.20. The number of nitrogens with one attached hydrogen (secondary N) is 2. The first-order valence-electron chi connectivity index (χ1n) is 9.87. The van der Waals surface area contributed by atoms with Crippen LogP contribution >= 0.6 is 11.6 Å². The lowest BCUT2D eigenvalue weighted by Gasteiger charge is -2.38. The Labute approximate surface area is 176 Å². The van der Waals surface area contributed by atoms with Crippen LogP contribution in [-0.2, 0) is 0 Å². The molecule has 8 heteroatoms. The van der Waals surface area contributed by atoms with Gasteiger partial charge in [0.25, 0.3) is 5.91 Å². The van der Waals surface area contributed by atoms with Crippen LogP contribution in [0.15, 0.2) is 46.0 Å². The van der Waals surface area contributed by atoms with Gasteiger partial charge in [-0.05, 0) is 31.5 Å². The molecule has 0 bridgehead atoms. The van der Waals surface area contributed by atoms with Gasteiger partial charge in [-0.3, -0.25) is 9.79 Å². The minimum absolute atomic E-state index is 0.174. The molecule has 0 radical (unpaired) electrons. The predicted molar refractivity (Wildman–Crippen MR) is 117 cm³/mol. The van der Waals surface area contributed by atoms with Crippen molar-refractivity contribution in [2.45, 2.75) is 13.3 Å². The Morgan fingerprint density at radius 3 is 2.52 bits per heavy atom. The van der Waals surface area contributed by atoms with Gasteiger partial charge in [0.2, 0.25) is 0 Å². The molecule has 0 saturated carbocycles. The van der Waals surface area contributed by atoms with Crippen molar-refractivity contribution in [2.75, 3.05) is 51.2 Å². The highest BCUT2D eigenvalue weighted by atomic mass is 35.5. The number of hydrogen-bond donors (Lipinski definition) is 2. The van der Waals surface area contributed by atoms with E-state index in [1.165, 1.54) is 6.26 Å². The van der Waals surface area contributed by atoms with Crippen molar-refractivity contribution < 1.29 is 9.21 Å². The molecule has 1 aliphatic rings. The number of guanidine groups is 1. The molecule has 2 aromatic rings. The van der Waals surface area contributed by atoms with Crippen LogP contribution in [-0.4, -0.2) is 63.1 Å². The highest BCUT2D eigenvalue weighted by Crippen LogP contribution is 2.25. The Balaban J connectivity index is 1.38. The Kier molecular flexibility index (Phi) is 7.41. The maximum absolute atomic E-state index is 12.0. The first-order chi connectivity index (χ1) is 14.1. The summed E-state index contributed by atoms with van der Waals surface area (Å²) in [6, 6.07) is 9.73. The van der Waals surface area contributed by atoms with Crippen molar-refractivity contribution in [1.82, 2.24) is 15.5 Å². The van der Waals surface area contributed by atoms with Gasteiger partial charge in [-0.15, -0.1) is 0 Å². The van der Waals surface area contributed by atoms with Crippen LogP contribution in [0.4, 0.5) is 5.69 Å². The molecule has 7 nitrogen and oxygen atoms in total. The number of carbonyl (C=O) groups excluding carboxylic acids is 1.